The van der Waals surface area contributed by atoms with Crippen LogP contribution in [-0.4, -0.2) is 14.8 Å². The van der Waals surface area contributed by atoms with Crippen molar-refractivity contribution < 1.29 is 4.39 Å². The van der Waals surface area contributed by atoms with Crippen LogP contribution in [0, 0.1) is 5.82 Å². The molecule has 2 aromatic heterocycles. The van der Waals surface area contributed by atoms with Crippen LogP contribution in [0.25, 0.3) is 22.5 Å². The molecule has 0 aliphatic carbocycles. The highest BCUT2D eigenvalue weighted by Crippen LogP contribution is 2.35. The third-order valence-corrected chi connectivity index (χ3v) is 3.81. The predicted octanol–water partition coefficient (Wildman–Crippen LogP) is 5.08. The first-order valence-electron chi connectivity index (χ1n) is 7.05. The van der Waals surface area contributed by atoms with Gasteiger partial charge in [0, 0.05) is 30.6 Å². The summed E-state index contributed by atoms with van der Waals surface area (Å²) in [5.41, 5.74) is 3.65. The fraction of sp³-hybridized carbons (Fsp3) is 0.176. The van der Waals surface area contributed by atoms with Gasteiger partial charge in [0.05, 0.1) is 10.2 Å². The molecular weight excluding hydrogens is 345 g/mol. The minimum atomic E-state index is -0.254. The molecule has 2 heterocycles. The van der Waals surface area contributed by atoms with Crippen LogP contribution >= 0.6 is 15.9 Å². The molecule has 1 aromatic carbocycles. The zero-order valence-corrected chi connectivity index (χ0v) is 14.3. The fourth-order valence-corrected chi connectivity index (χ4v) is 2.91. The van der Waals surface area contributed by atoms with Crippen LogP contribution in [0.15, 0.2) is 53.3 Å². The molecule has 3 rings (SSSR count). The summed E-state index contributed by atoms with van der Waals surface area (Å²) in [6.07, 6.45) is 3.48. The summed E-state index contributed by atoms with van der Waals surface area (Å²) < 4.78 is 15.7. The van der Waals surface area contributed by atoms with Crippen LogP contribution < -0.4 is 0 Å². The smallest absolute Gasteiger partial charge is 0.123 e. The highest BCUT2D eigenvalue weighted by Gasteiger charge is 2.16. The Bertz CT molecular complexity index is 737. The topological polar surface area (TPSA) is 30.7 Å². The second-order valence-electron chi connectivity index (χ2n) is 4.38. The number of benzene rings is 1. The molecule has 0 aliphatic heterocycles. The second kappa shape index (κ2) is 7.31. The summed E-state index contributed by atoms with van der Waals surface area (Å²) >= 11 is 3.60. The maximum absolute atomic E-state index is 13.0. The first-order chi connectivity index (χ1) is 10.7. The minimum absolute atomic E-state index is 0.254. The Kier molecular flexibility index (Phi) is 5.44. The first kappa shape index (κ1) is 16.4. The van der Waals surface area contributed by atoms with Crippen molar-refractivity contribution in [1.82, 2.24) is 14.8 Å². The molecule has 0 fully saturated rings. The van der Waals surface area contributed by atoms with Crippen molar-refractivity contribution in [3.8, 4) is 22.5 Å². The van der Waals surface area contributed by atoms with Gasteiger partial charge in [0.2, 0.25) is 0 Å². The Morgan fingerprint density at radius 2 is 1.55 bits per heavy atom. The average molecular weight is 362 g/mol. The van der Waals surface area contributed by atoms with Crippen molar-refractivity contribution in [3.63, 3.8) is 0 Å². The third-order valence-electron chi connectivity index (χ3n) is 3.06. The van der Waals surface area contributed by atoms with E-state index in [-0.39, 0.29) is 5.82 Å². The van der Waals surface area contributed by atoms with Crippen LogP contribution in [0.3, 0.4) is 0 Å². The highest BCUT2D eigenvalue weighted by atomic mass is 79.9. The molecule has 0 N–H and O–H groups in total. The molecule has 0 saturated heterocycles. The van der Waals surface area contributed by atoms with E-state index in [2.05, 4.69) is 26.0 Å². The molecular formula is C17H17BrFN3. The molecule has 0 saturated carbocycles. The SMILES string of the molecule is CC.Cn1nc(-c2ccc(F)cc2)c(Br)c1-c1ccncc1. The lowest BCUT2D eigenvalue weighted by atomic mass is 10.1. The van der Waals surface area contributed by atoms with Crippen molar-refractivity contribution in [2.45, 2.75) is 13.8 Å². The molecule has 0 aliphatic rings. The quantitative estimate of drug-likeness (QED) is 0.637. The van der Waals surface area contributed by atoms with E-state index in [0.29, 0.717) is 0 Å². The molecule has 0 bridgehead atoms. The zero-order chi connectivity index (χ0) is 16.1. The molecule has 5 heteroatoms. The van der Waals surface area contributed by atoms with E-state index in [1.54, 1.807) is 29.2 Å². The van der Waals surface area contributed by atoms with E-state index >= 15 is 0 Å². The van der Waals surface area contributed by atoms with E-state index in [1.807, 2.05) is 33.0 Å². The number of aryl methyl sites for hydroxylation is 1. The van der Waals surface area contributed by atoms with Gasteiger partial charge in [-0.15, -0.1) is 0 Å². The van der Waals surface area contributed by atoms with Gasteiger partial charge in [-0.05, 0) is 52.3 Å². The van der Waals surface area contributed by atoms with Crippen molar-refractivity contribution in [2.75, 3.05) is 0 Å². The Balaban J connectivity index is 0.000000847. The zero-order valence-electron chi connectivity index (χ0n) is 12.7. The third kappa shape index (κ3) is 3.25. The second-order valence-corrected chi connectivity index (χ2v) is 5.17. The maximum Gasteiger partial charge on any atom is 0.123 e. The lowest BCUT2D eigenvalue weighted by molar-refractivity contribution is 0.628. The van der Waals surface area contributed by atoms with E-state index in [9.17, 15) is 4.39 Å². The van der Waals surface area contributed by atoms with E-state index in [1.165, 1.54) is 12.1 Å². The van der Waals surface area contributed by atoms with Crippen LogP contribution in [0.2, 0.25) is 0 Å². The number of hydrogen-bond donors (Lipinski definition) is 0. The molecule has 0 spiro atoms. The van der Waals surface area contributed by atoms with Crippen molar-refractivity contribution in [3.05, 3.63) is 59.1 Å². The lowest BCUT2D eigenvalue weighted by Gasteiger charge is -2.02. The molecule has 0 radical (unpaired) electrons. The molecule has 114 valence electrons. The fourth-order valence-electron chi connectivity index (χ4n) is 2.11. The summed E-state index contributed by atoms with van der Waals surface area (Å²) in [4.78, 5) is 4.02. The number of pyridine rings is 1. The van der Waals surface area contributed by atoms with Gasteiger partial charge in [-0.1, -0.05) is 13.8 Å². The van der Waals surface area contributed by atoms with Gasteiger partial charge in [0.25, 0.3) is 0 Å². The van der Waals surface area contributed by atoms with Gasteiger partial charge in [0.15, 0.2) is 0 Å². The van der Waals surface area contributed by atoms with Crippen LogP contribution in [0.1, 0.15) is 13.8 Å². The van der Waals surface area contributed by atoms with E-state index in [4.69, 9.17) is 0 Å². The number of rotatable bonds is 2. The summed E-state index contributed by atoms with van der Waals surface area (Å²) in [5.74, 6) is -0.254. The molecule has 22 heavy (non-hydrogen) atoms. The molecule has 0 amide bonds. The monoisotopic (exact) mass is 361 g/mol. The van der Waals surface area contributed by atoms with Gasteiger partial charge in [-0.2, -0.15) is 5.10 Å². The van der Waals surface area contributed by atoms with Gasteiger partial charge in [-0.25, -0.2) is 4.39 Å². The van der Waals surface area contributed by atoms with Crippen molar-refractivity contribution in [1.29, 1.82) is 0 Å². The minimum Gasteiger partial charge on any atom is -0.266 e. The summed E-state index contributed by atoms with van der Waals surface area (Å²) in [6, 6.07) is 10.2. The van der Waals surface area contributed by atoms with Crippen molar-refractivity contribution >= 4 is 15.9 Å². The normalized spacial score (nSPS) is 10.0. The molecule has 3 aromatic rings. The largest absolute Gasteiger partial charge is 0.266 e. The Labute approximate surface area is 138 Å². The number of nitrogens with zero attached hydrogens (tertiary/aromatic N) is 3. The molecule has 0 unspecified atom stereocenters. The van der Waals surface area contributed by atoms with Crippen LogP contribution in [0.4, 0.5) is 4.39 Å². The predicted molar refractivity (Wildman–Crippen MR) is 90.9 cm³/mol. The van der Waals surface area contributed by atoms with E-state index < -0.39 is 0 Å². The summed E-state index contributed by atoms with van der Waals surface area (Å²) in [7, 11) is 1.88. The summed E-state index contributed by atoms with van der Waals surface area (Å²) in [5, 5.41) is 4.51. The summed E-state index contributed by atoms with van der Waals surface area (Å²) in [6.45, 7) is 4.00. The van der Waals surface area contributed by atoms with Crippen molar-refractivity contribution in [2.24, 2.45) is 7.05 Å². The number of halogens is 2. The van der Waals surface area contributed by atoms with E-state index in [0.717, 1.165) is 27.0 Å². The van der Waals surface area contributed by atoms with Crippen LogP contribution in [0.5, 0.6) is 0 Å². The van der Waals surface area contributed by atoms with Gasteiger partial charge in [0.1, 0.15) is 11.5 Å². The van der Waals surface area contributed by atoms with Gasteiger partial charge >= 0.3 is 0 Å². The Morgan fingerprint density at radius 1 is 0.955 bits per heavy atom. The van der Waals surface area contributed by atoms with Crippen LogP contribution in [-0.2, 0) is 7.05 Å². The van der Waals surface area contributed by atoms with Gasteiger partial charge in [-0.3, -0.25) is 9.67 Å². The Hall–Kier alpha value is -2.01. The Morgan fingerprint density at radius 3 is 2.14 bits per heavy atom. The van der Waals surface area contributed by atoms with Gasteiger partial charge < -0.3 is 0 Å². The first-order valence-corrected chi connectivity index (χ1v) is 7.85. The standard InChI is InChI=1S/C15H11BrFN3.C2H6/c1-20-15(11-6-8-18-9-7-11)13(16)14(19-20)10-2-4-12(17)5-3-10;1-2/h2-9H,1H3;1-2H3. The number of aromatic nitrogens is 3. The average Bonchev–Trinajstić information content (AvgIpc) is 2.86. The highest BCUT2D eigenvalue weighted by molar-refractivity contribution is 9.10. The maximum atomic E-state index is 13.0. The number of hydrogen-bond acceptors (Lipinski definition) is 2. The molecule has 3 nitrogen and oxygen atoms in total. The lowest BCUT2D eigenvalue weighted by Crippen LogP contribution is -1.94. The molecule has 0 atom stereocenters.